The number of ether oxygens (including phenoxy) is 1. The van der Waals surface area contributed by atoms with Crippen molar-refractivity contribution < 1.29 is 9.13 Å². The highest BCUT2D eigenvalue weighted by atomic mass is 127. The van der Waals surface area contributed by atoms with Crippen LogP contribution in [-0.2, 0) is 0 Å². The fourth-order valence-corrected chi connectivity index (χ4v) is 1.73. The predicted octanol–water partition coefficient (Wildman–Crippen LogP) is 2.72. The zero-order chi connectivity index (χ0) is 17.5. The molecule has 0 aliphatic rings. The van der Waals surface area contributed by atoms with Crippen LogP contribution in [0.5, 0.6) is 5.75 Å². The summed E-state index contributed by atoms with van der Waals surface area (Å²) >= 11 is 0. The first kappa shape index (κ1) is 22.9. The lowest BCUT2D eigenvalue weighted by Crippen LogP contribution is -2.51. The van der Waals surface area contributed by atoms with Gasteiger partial charge in [0.2, 0.25) is 0 Å². The Morgan fingerprint density at radius 1 is 1.33 bits per heavy atom. The highest BCUT2D eigenvalue weighted by Crippen LogP contribution is 2.13. The van der Waals surface area contributed by atoms with Crippen LogP contribution in [0, 0.1) is 5.82 Å². The number of hydrogen-bond donors (Lipinski definition) is 2. The molecule has 5 nitrogen and oxygen atoms in total. The molecule has 2 N–H and O–H groups in total. The summed E-state index contributed by atoms with van der Waals surface area (Å²) in [5.74, 6) is 0.941. The minimum absolute atomic E-state index is 0. The van der Waals surface area contributed by atoms with E-state index in [1.807, 2.05) is 21.0 Å². The molecule has 1 aromatic rings. The van der Waals surface area contributed by atoms with Crippen LogP contribution in [0.2, 0.25) is 0 Å². The summed E-state index contributed by atoms with van der Waals surface area (Å²) in [7, 11) is 5.83. The molecule has 0 amide bonds. The zero-order valence-corrected chi connectivity index (χ0v) is 17.7. The number of rotatable bonds is 7. The zero-order valence-electron chi connectivity index (χ0n) is 15.4. The van der Waals surface area contributed by atoms with Crippen molar-refractivity contribution in [2.45, 2.75) is 32.4 Å². The minimum Gasteiger partial charge on any atom is -0.489 e. The Kier molecular flexibility index (Phi) is 10.2. The van der Waals surface area contributed by atoms with Gasteiger partial charge >= 0.3 is 0 Å². The highest BCUT2D eigenvalue weighted by molar-refractivity contribution is 14.0. The Hall–Kier alpha value is -1.09. The van der Waals surface area contributed by atoms with Gasteiger partial charge in [-0.05, 0) is 47.0 Å². The average Bonchev–Trinajstić information content (AvgIpc) is 2.47. The van der Waals surface area contributed by atoms with Crippen molar-refractivity contribution in [3.8, 4) is 5.75 Å². The van der Waals surface area contributed by atoms with Crippen molar-refractivity contribution in [2.75, 3.05) is 34.2 Å². The van der Waals surface area contributed by atoms with Crippen LogP contribution in [0.1, 0.15) is 20.8 Å². The highest BCUT2D eigenvalue weighted by Gasteiger charge is 2.20. The fraction of sp³-hybridized carbons (Fsp3) is 0.588. The number of nitrogens with zero attached hydrogens (tertiary/aromatic N) is 2. The number of benzene rings is 1. The Bertz CT molecular complexity index is 523. The van der Waals surface area contributed by atoms with E-state index in [-0.39, 0.29) is 41.4 Å². The van der Waals surface area contributed by atoms with Crippen LogP contribution in [-0.4, -0.2) is 56.7 Å². The van der Waals surface area contributed by atoms with E-state index < -0.39 is 0 Å². The number of guanidine groups is 1. The summed E-state index contributed by atoms with van der Waals surface area (Å²) in [5.41, 5.74) is 0.0152. The van der Waals surface area contributed by atoms with Gasteiger partial charge in [0.1, 0.15) is 17.7 Å². The molecule has 0 heterocycles. The number of hydrogen-bond acceptors (Lipinski definition) is 3. The second-order valence-corrected chi connectivity index (χ2v) is 6.40. The molecule has 0 aliphatic carbocycles. The van der Waals surface area contributed by atoms with E-state index in [1.165, 1.54) is 12.1 Å². The molecule has 1 rings (SSSR count). The van der Waals surface area contributed by atoms with E-state index in [2.05, 4.69) is 34.4 Å². The summed E-state index contributed by atoms with van der Waals surface area (Å²) in [6, 6.07) is 6.15. The molecule has 0 aliphatic heterocycles. The van der Waals surface area contributed by atoms with Gasteiger partial charge in [0.15, 0.2) is 5.96 Å². The van der Waals surface area contributed by atoms with Crippen molar-refractivity contribution in [2.24, 2.45) is 4.99 Å². The van der Waals surface area contributed by atoms with Gasteiger partial charge in [0.25, 0.3) is 0 Å². The quantitative estimate of drug-likeness (QED) is 0.380. The largest absolute Gasteiger partial charge is 0.489 e. The maximum absolute atomic E-state index is 13.1. The normalized spacial score (nSPS) is 13.2. The summed E-state index contributed by atoms with van der Waals surface area (Å²) < 4.78 is 18.8. The lowest BCUT2D eigenvalue weighted by atomic mass is 10.0. The first-order valence-corrected chi connectivity index (χ1v) is 7.79. The van der Waals surface area contributed by atoms with Crippen LogP contribution in [0.25, 0.3) is 0 Å². The molecule has 1 aromatic carbocycles. The smallest absolute Gasteiger partial charge is 0.191 e. The van der Waals surface area contributed by atoms with E-state index in [1.54, 1.807) is 19.2 Å². The number of nitrogens with one attached hydrogen (secondary N) is 2. The monoisotopic (exact) mass is 452 g/mol. The van der Waals surface area contributed by atoms with Crippen LogP contribution < -0.4 is 15.4 Å². The molecule has 1 unspecified atom stereocenters. The molecule has 0 bridgehead atoms. The molecule has 138 valence electrons. The fourth-order valence-electron chi connectivity index (χ4n) is 1.73. The molecule has 0 aromatic heterocycles. The summed E-state index contributed by atoms with van der Waals surface area (Å²) in [6.07, 6.45) is -0.114. The maximum Gasteiger partial charge on any atom is 0.191 e. The predicted molar refractivity (Wildman–Crippen MR) is 109 cm³/mol. The van der Waals surface area contributed by atoms with Gasteiger partial charge in [0.05, 0.1) is 6.54 Å². The number of halogens is 2. The Morgan fingerprint density at radius 3 is 2.54 bits per heavy atom. The molecule has 0 saturated carbocycles. The van der Waals surface area contributed by atoms with E-state index in [0.29, 0.717) is 12.3 Å². The maximum atomic E-state index is 13.1. The van der Waals surface area contributed by atoms with Crippen molar-refractivity contribution in [1.29, 1.82) is 0 Å². The van der Waals surface area contributed by atoms with Crippen LogP contribution in [0.3, 0.4) is 0 Å². The van der Waals surface area contributed by atoms with Crippen molar-refractivity contribution in [3.63, 3.8) is 0 Å². The van der Waals surface area contributed by atoms with Crippen LogP contribution in [0.15, 0.2) is 29.3 Å². The van der Waals surface area contributed by atoms with Gasteiger partial charge in [-0.2, -0.15) is 0 Å². The van der Waals surface area contributed by atoms with Gasteiger partial charge in [-0.3, -0.25) is 4.99 Å². The third-order valence-electron chi connectivity index (χ3n) is 3.81. The number of likely N-dealkylation sites (N-methyl/N-ethyl adjacent to an activating group) is 1. The second kappa shape index (κ2) is 10.7. The van der Waals surface area contributed by atoms with E-state index in [0.717, 1.165) is 12.5 Å². The molecule has 1 atom stereocenters. The molecular weight excluding hydrogens is 422 g/mol. The Balaban J connectivity index is 0.00000529. The van der Waals surface area contributed by atoms with Gasteiger partial charge < -0.3 is 20.3 Å². The average molecular weight is 452 g/mol. The molecule has 0 radical (unpaired) electrons. The van der Waals surface area contributed by atoms with Crippen molar-refractivity contribution in [1.82, 2.24) is 15.5 Å². The summed E-state index contributed by atoms with van der Waals surface area (Å²) in [6.45, 7) is 7.57. The third kappa shape index (κ3) is 8.14. The Morgan fingerprint density at radius 2 is 2.00 bits per heavy atom. The van der Waals surface area contributed by atoms with Crippen LogP contribution in [0.4, 0.5) is 4.39 Å². The van der Waals surface area contributed by atoms with Crippen molar-refractivity contribution >= 4 is 29.9 Å². The Labute approximate surface area is 162 Å². The molecule has 0 spiro atoms. The third-order valence-corrected chi connectivity index (χ3v) is 3.81. The summed E-state index contributed by atoms with van der Waals surface area (Å²) in [4.78, 5) is 6.36. The van der Waals surface area contributed by atoms with Crippen molar-refractivity contribution in [3.05, 3.63) is 30.1 Å². The lowest BCUT2D eigenvalue weighted by molar-refractivity contribution is 0.196. The van der Waals surface area contributed by atoms with Gasteiger partial charge in [-0.25, -0.2) is 4.39 Å². The molecule has 24 heavy (non-hydrogen) atoms. The van der Waals surface area contributed by atoms with E-state index in [4.69, 9.17) is 4.74 Å². The van der Waals surface area contributed by atoms with Gasteiger partial charge in [-0.15, -0.1) is 24.0 Å². The lowest BCUT2D eigenvalue weighted by Gasteiger charge is -2.33. The first-order valence-electron chi connectivity index (χ1n) is 7.79. The van der Waals surface area contributed by atoms with Gasteiger partial charge in [-0.1, -0.05) is 6.07 Å². The number of aliphatic imine (C=N–C) groups is 1. The SMILES string of the molecule is CN=C(NCC(C)Oc1cccc(F)c1)NCC(C)(C)N(C)C.I. The summed E-state index contributed by atoms with van der Waals surface area (Å²) in [5, 5.41) is 6.52. The molecule has 0 saturated heterocycles. The molecule has 7 heteroatoms. The molecular formula is C17H30FIN4O. The topological polar surface area (TPSA) is 48.9 Å². The van der Waals surface area contributed by atoms with E-state index >= 15 is 0 Å². The minimum atomic E-state index is -0.300. The second-order valence-electron chi connectivity index (χ2n) is 6.40. The van der Waals surface area contributed by atoms with Gasteiger partial charge in [0, 0.05) is 25.2 Å². The first-order chi connectivity index (χ1) is 10.7. The van der Waals surface area contributed by atoms with Crippen LogP contribution >= 0.6 is 24.0 Å². The van der Waals surface area contributed by atoms with E-state index in [9.17, 15) is 4.39 Å². The molecule has 0 fully saturated rings. The standard InChI is InChI=1S/C17H29FN4O.HI/c1-13(23-15-9-7-8-14(18)10-15)11-20-16(19-4)21-12-17(2,3)22(5)6;/h7-10,13H,11-12H2,1-6H3,(H2,19,20,21);1H.